The maximum Gasteiger partial charge on any atom is 0.251 e. The first-order chi connectivity index (χ1) is 8.16. The third-order valence-electron chi connectivity index (χ3n) is 3.95. The molecule has 0 unspecified atom stereocenters. The first kappa shape index (κ1) is 10.6. The molecule has 3 nitrogen and oxygen atoms in total. The van der Waals surface area contributed by atoms with Gasteiger partial charge < -0.3 is 10.6 Å². The number of amides is 1. The second-order valence-electron chi connectivity index (χ2n) is 5.42. The lowest BCUT2D eigenvalue weighted by Crippen LogP contribution is -2.50. The number of hydrogen-bond acceptors (Lipinski definition) is 2. The quantitative estimate of drug-likeness (QED) is 0.818. The molecule has 3 rings (SSSR count). The zero-order chi connectivity index (χ0) is 11.9. The molecule has 1 aliphatic heterocycles. The number of carbonyl (C=O) groups excluding carboxylic acids is 1. The Labute approximate surface area is 102 Å². The van der Waals surface area contributed by atoms with Crippen molar-refractivity contribution in [2.24, 2.45) is 0 Å². The minimum Gasteiger partial charge on any atom is -0.384 e. The van der Waals surface area contributed by atoms with E-state index in [0.29, 0.717) is 0 Å². The van der Waals surface area contributed by atoms with Crippen LogP contribution in [0, 0.1) is 0 Å². The summed E-state index contributed by atoms with van der Waals surface area (Å²) in [5, 5.41) is 6.45. The van der Waals surface area contributed by atoms with E-state index >= 15 is 0 Å². The summed E-state index contributed by atoms with van der Waals surface area (Å²) in [7, 11) is 0. The lowest BCUT2D eigenvalue weighted by atomic mass is 9.78. The largest absolute Gasteiger partial charge is 0.384 e. The predicted octanol–water partition coefficient (Wildman–Crippen LogP) is 2.33. The van der Waals surface area contributed by atoms with Crippen molar-refractivity contribution in [3.8, 4) is 0 Å². The van der Waals surface area contributed by atoms with Gasteiger partial charge in [0.15, 0.2) is 0 Å². The SMILES string of the molecule is CC1(NC(=O)c2ccc3c(c2)CCN3)CCC1. The summed E-state index contributed by atoms with van der Waals surface area (Å²) < 4.78 is 0. The van der Waals surface area contributed by atoms with Crippen LogP contribution in [0.2, 0.25) is 0 Å². The summed E-state index contributed by atoms with van der Waals surface area (Å²) in [5.74, 6) is 0.0712. The van der Waals surface area contributed by atoms with Gasteiger partial charge in [-0.1, -0.05) is 0 Å². The van der Waals surface area contributed by atoms with Crippen molar-refractivity contribution in [1.82, 2.24) is 5.32 Å². The maximum atomic E-state index is 12.1. The zero-order valence-electron chi connectivity index (χ0n) is 10.2. The van der Waals surface area contributed by atoms with Crippen molar-refractivity contribution < 1.29 is 4.79 Å². The van der Waals surface area contributed by atoms with Crippen molar-refractivity contribution >= 4 is 11.6 Å². The summed E-state index contributed by atoms with van der Waals surface area (Å²) in [6, 6.07) is 5.95. The molecule has 1 saturated carbocycles. The van der Waals surface area contributed by atoms with E-state index in [9.17, 15) is 4.79 Å². The van der Waals surface area contributed by atoms with Gasteiger partial charge in [0.2, 0.25) is 0 Å². The standard InChI is InChI=1S/C14H18N2O/c1-14(6-2-7-14)16-13(17)11-3-4-12-10(9-11)5-8-15-12/h3-4,9,15H,2,5-8H2,1H3,(H,16,17). The van der Waals surface area contributed by atoms with Crippen LogP contribution in [-0.2, 0) is 6.42 Å². The Balaban J connectivity index is 1.77. The van der Waals surface area contributed by atoms with Crippen LogP contribution in [0.5, 0.6) is 0 Å². The normalized spacial score (nSPS) is 20.1. The van der Waals surface area contributed by atoms with E-state index in [4.69, 9.17) is 0 Å². The van der Waals surface area contributed by atoms with E-state index in [1.54, 1.807) is 0 Å². The number of anilines is 1. The lowest BCUT2D eigenvalue weighted by Gasteiger charge is -2.39. The first-order valence-electron chi connectivity index (χ1n) is 6.36. The topological polar surface area (TPSA) is 41.1 Å². The van der Waals surface area contributed by atoms with Crippen LogP contribution in [-0.4, -0.2) is 18.0 Å². The van der Waals surface area contributed by atoms with Gasteiger partial charge in [-0.15, -0.1) is 0 Å². The highest BCUT2D eigenvalue weighted by Crippen LogP contribution is 2.31. The summed E-state index contributed by atoms with van der Waals surface area (Å²) in [4.78, 5) is 12.1. The third-order valence-corrected chi connectivity index (χ3v) is 3.95. The van der Waals surface area contributed by atoms with Crippen molar-refractivity contribution in [1.29, 1.82) is 0 Å². The van der Waals surface area contributed by atoms with E-state index in [-0.39, 0.29) is 11.4 Å². The smallest absolute Gasteiger partial charge is 0.251 e. The Kier molecular flexibility index (Phi) is 2.35. The second-order valence-corrected chi connectivity index (χ2v) is 5.42. The van der Waals surface area contributed by atoms with Crippen LogP contribution in [0.15, 0.2) is 18.2 Å². The fourth-order valence-corrected chi connectivity index (χ4v) is 2.62. The molecule has 2 N–H and O–H groups in total. The zero-order valence-corrected chi connectivity index (χ0v) is 10.2. The molecular formula is C14H18N2O. The van der Waals surface area contributed by atoms with E-state index in [0.717, 1.165) is 31.4 Å². The van der Waals surface area contributed by atoms with Gasteiger partial charge >= 0.3 is 0 Å². The molecule has 1 fully saturated rings. The minimum absolute atomic E-state index is 0.0361. The van der Waals surface area contributed by atoms with Crippen molar-refractivity contribution in [2.45, 2.75) is 38.1 Å². The van der Waals surface area contributed by atoms with Gasteiger partial charge in [-0.25, -0.2) is 0 Å². The van der Waals surface area contributed by atoms with Crippen molar-refractivity contribution in [3.05, 3.63) is 29.3 Å². The molecule has 1 aromatic carbocycles. The van der Waals surface area contributed by atoms with Gasteiger partial charge in [0, 0.05) is 23.3 Å². The molecule has 1 aromatic rings. The van der Waals surface area contributed by atoms with Crippen LogP contribution in [0.3, 0.4) is 0 Å². The average molecular weight is 230 g/mol. The van der Waals surface area contributed by atoms with Gasteiger partial charge in [0.05, 0.1) is 0 Å². The number of fused-ring (bicyclic) bond motifs is 1. The van der Waals surface area contributed by atoms with Gasteiger partial charge in [0.25, 0.3) is 5.91 Å². The molecule has 0 aromatic heterocycles. The minimum atomic E-state index is 0.0361. The van der Waals surface area contributed by atoms with Crippen LogP contribution >= 0.6 is 0 Å². The fourth-order valence-electron chi connectivity index (χ4n) is 2.62. The van der Waals surface area contributed by atoms with Crippen molar-refractivity contribution in [3.63, 3.8) is 0 Å². The highest BCUT2D eigenvalue weighted by molar-refractivity contribution is 5.95. The van der Waals surface area contributed by atoms with E-state index in [2.05, 4.69) is 17.6 Å². The maximum absolute atomic E-state index is 12.1. The molecule has 17 heavy (non-hydrogen) atoms. The van der Waals surface area contributed by atoms with Crippen LogP contribution in [0.4, 0.5) is 5.69 Å². The van der Waals surface area contributed by atoms with Gasteiger partial charge in [-0.3, -0.25) is 4.79 Å². The molecule has 1 aliphatic carbocycles. The number of nitrogens with one attached hydrogen (secondary N) is 2. The van der Waals surface area contributed by atoms with Crippen LogP contribution in [0.1, 0.15) is 42.1 Å². The van der Waals surface area contributed by atoms with Gasteiger partial charge in [-0.05, 0) is 56.4 Å². The van der Waals surface area contributed by atoms with Gasteiger partial charge in [0.1, 0.15) is 0 Å². The third kappa shape index (κ3) is 1.90. The highest BCUT2D eigenvalue weighted by atomic mass is 16.1. The van der Waals surface area contributed by atoms with Gasteiger partial charge in [-0.2, -0.15) is 0 Å². The Morgan fingerprint density at radius 2 is 2.24 bits per heavy atom. The molecule has 1 amide bonds. The Hall–Kier alpha value is -1.51. The number of hydrogen-bond donors (Lipinski definition) is 2. The molecule has 3 heteroatoms. The fraction of sp³-hybridized carbons (Fsp3) is 0.500. The van der Waals surface area contributed by atoms with E-state index in [1.807, 2.05) is 18.2 Å². The number of benzene rings is 1. The molecule has 0 atom stereocenters. The first-order valence-corrected chi connectivity index (χ1v) is 6.36. The van der Waals surface area contributed by atoms with Crippen LogP contribution in [0.25, 0.3) is 0 Å². The molecule has 0 spiro atoms. The molecule has 2 aliphatic rings. The van der Waals surface area contributed by atoms with Crippen molar-refractivity contribution in [2.75, 3.05) is 11.9 Å². The average Bonchev–Trinajstić information content (AvgIpc) is 2.73. The molecule has 1 heterocycles. The molecule has 0 bridgehead atoms. The van der Waals surface area contributed by atoms with Crippen LogP contribution < -0.4 is 10.6 Å². The summed E-state index contributed by atoms with van der Waals surface area (Å²) in [6.07, 6.45) is 4.45. The monoisotopic (exact) mass is 230 g/mol. The molecule has 90 valence electrons. The summed E-state index contributed by atoms with van der Waals surface area (Å²) in [6.45, 7) is 3.11. The van der Waals surface area contributed by atoms with E-state index < -0.39 is 0 Å². The number of rotatable bonds is 2. The molecule has 0 saturated heterocycles. The van der Waals surface area contributed by atoms with E-state index in [1.165, 1.54) is 17.7 Å². The second kappa shape index (κ2) is 3.76. The lowest BCUT2D eigenvalue weighted by molar-refractivity contribution is 0.0850. The molecule has 0 radical (unpaired) electrons. The summed E-state index contributed by atoms with van der Waals surface area (Å²) >= 11 is 0. The predicted molar refractivity (Wildman–Crippen MR) is 68.4 cm³/mol. The number of carbonyl (C=O) groups is 1. The molecular weight excluding hydrogens is 212 g/mol. The highest BCUT2D eigenvalue weighted by Gasteiger charge is 2.33. The Morgan fingerprint density at radius 3 is 2.94 bits per heavy atom. The Morgan fingerprint density at radius 1 is 1.41 bits per heavy atom. The summed E-state index contributed by atoms with van der Waals surface area (Å²) in [5.41, 5.74) is 3.27. The Bertz CT molecular complexity index is 463.